The second kappa shape index (κ2) is 12.7. The molecular formula is C32H37FO3. The molecule has 0 atom stereocenters. The highest BCUT2D eigenvalue weighted by Crippen LogP contribution is 2.39. The van der Waals surface area contributed by atoms with Crippen LogP contribution in [0.5, 0.6) is 11.5 Å². The van der Waals surface area contributed by atoms with Crippen molar-refractivity contribution in [1.29, 1.82) is 0 Å². The molecule has 190 valence electrons. The van der Waals surface area contributed by atoms with Gasteiger partial charge in [-0.3, -0.25) is 0 Å². The van der Waals surface area contributed by atoms with Crippen molar-refractivity contribution < 1.29 is 18.7 Å². The Kier molecular flexibility index (Phi) is 9.16. The highest BCUT2D eigenvalue weighted by atomic mass is 19.1. The van der Waals surface area contributed by atoms with Gasteiger partial charge in [0, 0.05) is 5.56 Å². The number of hydrogen-bond acceptors (Lipinski definition) is 3. The number of ether oxygens (including phenoxy) is 2. The predicted octanol–water partition coefficient (Wildman–Crippen LogP) is 8.96. The summed E-state index contributed by atoms with van der Waals surface area (Å²) in [6.45, 7) is 4.75. The molecule has 1 aliphatic rings. The minimum absolute atomic E-state index is 0.206. The van der Waals surface area contributed by atoms with E-state index in [1.807, 2.05) is 13.0 Å². The molecule has 0 unspecified atom stereocenters. The monoisotopic (exact) mass is 488 g/mol. The van der Waals surface area contributed by atoms with Crippen molar-refractivity contribution in [1.82, 2.24) is 0 Å². The van der Waals surface area contributed by atoms with Crippen LogP contribution in [0.2, 0.25) is 0 Å². The second-order valence-corrected chi connectivity index (χ2v) is 9.82. The summed E-state index contributed by atoms with van der Waals surface area (Å²) in [7, 11) is 0. The van der Waals surface area contributed by atoms with E-state index in [2.05, 4.69) is 13.0 Å². The first-order valence-corrected chi connectivity index (χ1v) is 13.4. The lowest BCUT2D eigenvalue weighted by Gasteiger charge is -2.29. The normalized spacial score (nSPS) is 17.5. The molecule has 0 saturated heterocycles. The van der Waals surface area contributed by atoms with Crippen molar-refractivity contribution in [2.75, 3.05) is 6.61 Å². The van der Waals surface area contributed by atoms with E-state index in [4.69, 9.17) is 9.47 Å². The average molecular weight is 489 g/mol. The summed E-state index contributed by atoms with van der Waals surface area (Å²) in [5.41, 5.74) is 2.83. The zero-order valence-electron chi connectivity index (χ0n) is 21.5. The smallest absolute Gasteiger partial charge is 0.343 e. The molecule has 0 aromatic heterocycles. The van der Waals surface area contributed by atoms with Crippen LogP contribution in [0.1, 0.15) is 87.1 Å². The van der Waals surface area contributed by atoms with Gasteiger partial charge in [-0.15, -0.1) is 0 Å². The van der Waals surface area contributed by atoms with E-state index in [1.165, 1.54) is 38.5 Å². The predicted molar refractivity (Wildman–Crippen MR) is 143 cm³/mol. The Bertz CT molecular complexity index is 1110. The van der Waals surface area contributed by atoms with Gasteiger partial charge in [0.15, 0.2) is 0 Å². The van der Waals surface area contributed by atoms with Gasteiger partial charge in [-0.05, 0) is 98.0 Å². The summed E-state index contributed by atoms with van der Waals surface area (Å²) < 4.78 is 26.0. The van der Waals surface area contributed by atoms with Gasteiger partial charge in [0.05, 0.1) is 12.2 Å². The van der Waals surface area contributed by atoms with E-state index >= 15 is 4.39 Å². The Morgan fingerprint density at radius 2 is 1.56 bits per heavy atom. The van der Waals surface area contributed by atoms with Crippen LogP contribution in [0.25, 0.3) is 11.1 Å². The summed E-state index contributed by atoms with van der Waals surface area (Å²) >= 11 is 0. The lowest BCUT2D eigenvalue weighted by molar-refractivity contribution is 0.0734. The van der Waals surface area contributed by atoms with Crippen molar-refractivity contribution in [3.05, 3.63) is 83.7 Å². The number of esters is 1. The summed E-state index contributed by atoms with van der Waals surface area (Å²) in [5.74, 6) is 1.82. The molecule has 1 fully saturated rings. The number of carbonyl (C=O) groups is 1. The van der Waals surface area contributed by atoms with Crippen LogP contribution in [0.4, 0.5) is 4.39 Å². The van der Waals surface area contributed by atoms with Crippen LogP contribution in [-0.2, 0) is 0 Å². The largest absolute Gasteiger partial charge is 0.494 e. The van der Waals surface area contributed by atoms with Crippen molar-refractivity contribution in [2.45, 2.75) is 71.1 Å². The van der Waals surface area contributed by atoms with Crippen molar-refractivity contribution >= 4 is 5.97 Å². The number of hydrogen-bond donors (Lipinski definition) is 0. The maximum Gasteiger partial charge on any atom is 0.343 e. The van der Waals surface area contributed by atoms with Crippen LogP contribution in [0.15, 0.2) is 66.7 Å². The first-order valence-electron chi connectivity index (χ1n) is 13.4. The van der Waals surface area contributed by atoms with Crippen molar-refractivity contribution in [2.24, 2.45) is 5.92 Å². The lowest BCUT2D eigenvalue weighted by atomic mass is 9.77. The molecule has 3 nitrogen and oxygen atoms in total. The number of rotatable bonds is 10. The molecule has 0 amide bonds. The topological polar surface area (TPSA) is 35.5 Å². The van der Waals surface area contributed by atoms with Crippen LogP contribution in [-0.4, -0.2) is 12.6 Å². The van der Waals surface area contributed by atoms with E-state index in [0.717, 1.165) is 35.6 Å². The maximum absolute atomic E-state index is 15.1. The molecule has 0 radical (unpaired) electrons. The van der Waals surface area contributed by atoms with Gasteiger partial charge in [0.1, 0.15) is 17.3 Å². The quantitative estimate of drug-likeness (QED) is 0.162. The molecule has 4 heteroatoms. The van der Waals surface area contributed by atoms with E-state index in [1.54, 1.807) is 54.6 Å². The number of carbonyl (C=O) groups excluding carboxylic acids is 1. The summed E-state index contributed by atoms with van der Waals surface area (Å²) in [4.78, 5) is 12.5. The third-order valence-electron chi connectivity index (χ3n) is 7.30. The van der Waals surface area contributed by atoms with Crippen molar-refractivity contribution in [3.63, 3.8) is 0 Å². The zero-order valence-corrected chi connectivity index (χ0v) is 21.5. The van der Waals surface area contributed by atoms with Gasteiger partial charge in [0.2, 0.25) is 0 Å². The summed E-state index contributed by atoms with van der Waals surface area (Å²) in [6.07, 6.45) is 10.1. The molecule has 4 rings (SSSR count). The van der Waals surface area contributed by atoms with Crippen LogP contribution in [0.3, 0.4) is 0 Å². The van der Waals surface area contributed by atoms with Gasteiger partial charge in [-0.2, -0.15) is 0 Å². The fourth-order valence-electron chi connectivity index (χ4n) is 5.21. The molecule has 0 N–H and O–H groups in total. The third-order valence-corrected chi connectivity index (χ3v) is 7.30. The minimum Gasteiger partial charge on any atom is -0.494 e. The highest BCUT2D eigenvalue weighted by Gasteiger charge is 2.23. The third kappa shape index (κ3) is 6.75. The average Bonchev–Trinajstić information content (AvgIpc) is 2.90. The van der Waals surface area contributed by atoms with Gasteiger partial charge in [-0.1, -0.05) is 56.9 Å². The SMILES string of the molecule is CCCCCC1CCC(c2ccc(-c3ccc(C(=O)Oc4ccc(OCC)cc4)cc3)c(F)c2)CC1. The standard InChI is InChI=1S/C32H37FO3/c1-3-5-6-7-23-8-10-24(11-9-23)27-16-21-30(31(33)22-27)25-12-14-26(15-13-25)32(34)36-29-19-17-28(18-20-29)35-4-2/h12-24H,3-11H2,1-2H3. The molecule has 3 aromatic carbocycles. The Labute approximate surface area is 214 Å². The Hall–Kier alpha value is -3.14. The fraction of sp³-hybridized carbons (Fsp3) is 0.406. The van der Waals surface area contributed by atoms with E-state index in [-0.39, 0.29) is 5.82 Å². The fourth-order valence-corrected chi connectivity index (χ4v) is 5.21. The molecule has 0 bridgehead atoms. The van der Waals surface area contributed by atoms with Gasteiger partial charge >= 0.3 is 5.97 Å². The molecule has 0 spiro atoms. The molecule has 36 heavy (non-hydrogen) atoms. The Balaban J connectivity index is 1.35. The number of benzene rings is 3. The van der Waals surface area contributed by atoms with Crippen molar-refractivity contribution in [3.8, 4) is 22.6 Å². The van der Waals surface area contributed by atoms with E-state index in [0.29, 0.717) is 29.4 Å². The van der Waals surface area contributed by atoms with Gasteiger partial charge in [0.25, 0.3) is 0 Å². The summed E-state index contributed by atoms with van der Waals surface area (Å²) in [5, 5.41) is 0. The minimum atomic E-state index is -0.452. The Morgan fingerprint density at radius 1 is 0.861 bits per heavy atom. The van der Waals surface area contributed by atoms with E-state index < -0.39 is 5.97 Å². The molecular weight excluding hydrogens is 451 g/mol. The first kappa shape index (κ1) is 25.9. The van der Waals surface area contributed by atoms with E-state index in [9.17, 15) is 4.79 Å². The van der Waals surface area contributed by atoms with Gasteiger partial charge in [-0.25, -0.2) is 9.18 Å². The molecule has 0 heterocycles. The molecule has 0 aliphatic heterocycles. The number of halogens is 1. The van der Waals surface area contributed by atoms with Gasteiger partial charge < -0.3 is 9.47 Å². The second-order valence-electron chi connectivity index (χ2n) is 9.82. The molecule has 3 aromatic rings. The zero-order chi connectivity index (χ0) is 25.3. The first-order chi connectivity index (χ1) is 17.6. The van der Waals surface area contributed by atoms with Crippen LogP contribution in [0, 0.1) is 11.7 Å². The lowest BCUT2D eigenvalue weighted by Crippen LogP contribution is -2.13. The summed E-state index contributed by atoms with van der Waals surface area (Å²) in [6, 6.07) is 19.5. The maximum atomic E-state index is 15.1. The highest BCUT2D eigenvalue weighted by molar-refractivity contribution is 5.91. The van der Waals surface area contributed by atoms with Crippen LogP contribution < -0.4 is 9.47 Å². The Morgan fingerprint density at radius 3 is 2.19 bits per heavy atom. The van der Waals surface area contributed by atoms with Crippen LogP contribution >= 0.6 is 0 Å². The molecule has 1 saturated carbocycles. The number of unbranched alkanes of at least 4 members (excludes halogenated alkanes) is 2. The molecule has 1 aliphatic carbocycles.